The van der Waals surface area contributed by atoms with Crippen LogP contribution < -0.4 is 0 Å². The highest BCUT2D eigenvalue weighted by molar-refractivity contribution is 7.84. The predicted octanol–water partition coefficient (Wildman–Crippen LogP) is 2.52. The van der Waals surface area contributed by atoms with Crippen LogP contribution in [-0.2, 0) is 27.7 Å². The van der Waals surface area contributed by atoms with Gasteiger partial charge in [-0.3, -0.25) is 4.21 Å². The van der Waals surface area contributed by atoms with Crippen LogP contribution in [0, 0.1) is 0 Å². The second-order valence-corrected chi connectivity index (χ2v) is 7.01. The fourth-order valence-electron chi connectivity index (χ4n) is 2.05. The van der Waals surface area contributed by atoms with E-state index >= 15 is 0 Å². The Hall–Kier alpha value is -0.260. The maximum absolute atomic E-state index is 12.2. The van der Waals surface area contributed by atoms with Crippen molar-refractivity contribution in [3.05, 3.63) is 16.1 Å². The van der Waals surface area contributed by atoms with Crippen molar-refractivity contribution in [1.29, 1.82) is 0 Å². The topological polar surface area (TPSA) is 39.2 Å². The Kier molecular flexibility index (Phi) is 4.70. The lowest BCUT2D eigenvalue weighted by molar-refractivity contribution is 0.127. The molecule has 2 rings (SSSR count). The quantitative estimate of drug-likeness (QED) is 0.827. The van der Waals surface area contributed by atoms with Crippen LogP contribution in [0.1, 0.15) is 37.4 Å². The van der Waals surface area contributed by atoms with Crippen molar-refractivity contribution in [2.45, 2.75) is 50.2 Å². The van der Waals surface area contributed by atoms with Gasteiger partial charge in [0.1, 0.15) is 0 Å². The molecule has 0 spiro atoms. The molecule has 0 saturated carbocycles. The van der Waals surface area contributed by atoms with Crippen LogP contribution >= 0.6 is 11.3 Å². The zero-order valence-corrected chi connectivity index (χ0v) is 12.0. The van der Waals surface area contributed by atoms with Crippen LogP contribution in [0.15, 0.2) is 5.38 Å². The van der Waals surface area contributed by atoms with E-state index in [1.54, 1.807) is 11.3 Å². The second-order valence-electron chi connectivity index (χ2n) is 4.41. The van der Waals surface area contributed by atoms with E-state index in [1.807, 2.05) is 12.3 Å². The highest BCUT2D eigenvalue weighted by Crippen LogP contribution is 2.22. The Labute approximate surface area is 109 Å². The minimum absolute atomic E-state index is 0.129. The molecule has 3 unspecified atom stereocenters. The molecule has 17 heavy (non-hydrogen) atoms. The minimum atomic E-state index is -0.848. The van der Waals surface area contributed by atoms with Crippen LogP contribution in [-0.4, -0.2) is 27.2 Å². The number of aryl methyl sites for hydroxylation is 1. The molecular formula is C12H19NO2S2. The standard InChI is InChI=1S/C12H19NO2S2/c1-3-4-12-13-10(7-16-12)8-17(14)11-5-6-15-9(11)2/h7,9,11H,3-6,8H2,1-2H3. The molecule has 0 bridgehead atoms. The van der Waals surface area contributed by atoms with Crippen LogP contribution in [0.25, 0.3) is 0 Å². The zero-order chi connectivity index (χ0) is 12.3. The Bertz CT molecular complexity index is 392. The van der Waals surface area contributed by atoms with E-state index < -0.39 is 10.8 Å². The number of aromatic nitrogens is 1. The number of ether oxygens (including phenoxy) is 1. The summed E-state index contributed by atoms with van der Waals surface area (Å²) in [5.74, 6) is 0.582. The summed E-state index contributed by atoms with van der Waals surface area (Å²) < 4.78 is 17.6. The first-order chi connectivity index (χ1) is 8.20. The molecule has 3 nitrogen and oxygen atoms in total. The fraction of sp³-hybridized carbons (Fsp3) is 0.750. The number of hydrogen-bond donors (Lipinski definition) is 0. The Morgan fingerprint density at radius 1 is 1.65 bits per heavy atom. The van der Waals surface area contributed by atoms with Crippen LogP contribution in [0.4, 0.5) is 0 Å². The molecule has 1 saturated heterocycles. The highest BCUT2D eigenvalue weighted by atomic mass is 32.2. The van der Waals surface area contributed by atoms with Crippen molar-refractivity contribution in [2.24, 2.45) is 0 Å². The predicted molar refractivity (Wildman–Crippen MR) is 71.8 cm³/mol. The van der Waals surface area contributed by atoms with Gasteiger partial charge < -0.3 is 4.74 Å². The van der Waals surface area contributed by atoms with Gasteiger partial charge in [-0.05, 0) is 26.2 Å². The second kappa shape index (κ2) is 6.07. The molecule has 0 N–H and O–H groups in total. The molecule has 0 aliphatic carbocycles. The van der Waals surface area contributed by atoms with E-state index in [4.69, 9.17) is 4.74 Å². The number of nitrogens with zero attached hydrogens (tertiary/aromatic N) is 1. The van der Waals surface area contributed by atoms with Crippen molar-refractivity contribution < 1.29 is 8.95 Å². The third-order valence-electron chi connectivity index (χ3n) is 3.00. The van der Waals surface area contributed by atoms with Crippen molar-refractivity contribution in [3.63, 3.8) is 0 Å². The molecule has 0 radical (unpaired) electrons. The van der Waals surface area contributed by atoms with E-state index in [0.717, 1.165) is 36.6 Å². The summed E-state index contributed by atoms with van der Waals surface area (Å²) in [6.45, 7) is 4.91. The molecule has 3 atom stereocenters. The molecule has 0 aromatic carbocycles. The van der Waals surface area contributed by atoms with Crippen molar-refractivity contribution in [1.82, 2.24) is 4.98 Å². The Balaban J connectivity index is 1.93. The van der Waals surface area contributed by atoms with Crippen molar-refractivity contribution >= 4 is 22.1 Å². The van der Waals surface area contributed by atoms with Gasteiger partial charge in [0.05, 0.1) is 27.8 Å². The monoisotopic (exact) mass is 273 g/mol. The Morgan fingerprint density at radius 2 is 2.47 bits per heavy atom. The van der Waals surface area contributed by atoms with Crippen molar-refractivity contribution in [3.8, 4) is 0 Å². The summed E-state index contributed by atoms with van der Waals surface area (Å²) in [5, 5.41) is 3.39. The van der Waals surface area contributed by atoms with Gasteiger partial charge in [-0.2, -0.15) is 0 Å². The van der Waals surface area contributed by atoms with Gasteiger partial charge in [0.25, 0.3) is 0 Å². The molecule has 5 heteroatoms. The molecule has 1 fully saturated rings. The van der Waals surface area contributed by atoms with E-state index in [0.29, 0.717) is 5.75 Å². The maximum atomic E-state index is 12.2. The summed E-state index contributed by atoms with van der Waals surface area (Å²) >= 11 is 1.68. The first kappa shape index (κ1) is 13.2. The van der Waals surface area contributed by atoms with E-state index in [2.05, 4.69) is 11.9 Å². The van der Waals surface area contributed by atoms with Gasteiger partial charge in [-0.1, -0.05) is 6.92 Å². The zero-order valence-electron chi connectivity index (χ0n) is 10.3. The van der Waals surface area contributed by atoms with E-state index in [1.165, 1.54) is 0 Å². The number of rotatable bonds is 5. The third-order valence-corrected chi connectivity index (χ3v) is 5.83. The lowest BCUT2D eigenvalue weighted by Crippen LogP contribution is -2.24. The molecule has 0 amide bonds. The molecular weight excluding hydrogens is 254 g/mol. The summed E-state index contributed by atoms with van der Waals surface area (Å²) in [6.07, 6.45) is 3.19. The average Bonchev–Trinajstić information content (AvgIpc) is 2.88. The summed E-state index contributed by atoms with van der Waals surface area (Å²) in [7, 11) is -0.848. The fourth-order valence-corrected chi connectivity index (χ4v) is 4.58. The first-order valence-electron chi connectivity index (χ1n) is 6.12. The summed E-state index contributed by atoms with van der Waals surface area (Å²) in [5.41, 5.74) is 0.982. The third kappa shape index (κ3) is 3.36. The molecule has 1 aromatic heterocycles. The molecule has 96 valence electrons. The van der Waals surface area contributed by atoms with Gasteiger partial charge in [0.2, 0.25) is 0 Å². The largest absolute Gasteiger partial charge is 0.377 e. The Morgan fingerprint density at radius 3 is 3.12 bits per heavy atom. The molecule has 2 heterocycles. The highest BCUT2D eigenvalue weighted by Gasteiger charge is 2.29. The first-order valence-corrected chi connectivity index (χ1v) is 8.39. The van der Waals surface area contributed by atoms with Crippen LogP contribution in [0.5, 0.6) is 0 Å². The van der Waals surface area contributed by atoms with Gasteiger partial charge in [0.15, 0.2) is 0 Å². The summed E-state index contributed by atoms with van der Waals surface area (Å²) in [6, 6.07) is 0. The number of thiazole rings is 1. The van der Waals surface area contributed by atoms with Gasteiger partial charge in [-0.25, -0.2) is 4.98 Å². The van der Waals surface area contributed by atoms with E-state index in [-0.39, 0.29) is 11.4 Å². The lowest BCUT2D eigenvalue weighted by atomic mass is 10.3. The van der Waals surface area contributed by atoms with Crippen LogP contribution in [0.3, 0.4) is 0 Å². The van der Waals surface area contributed by atoms with Gasteiger partial charge >= 0.3 is 0 Å². The molecule has 1 aliphatic heterocycles. The average molecular weight is 273 g/mol. The SMILES string of the molecule is CCCc1nc(CS(=O)C2CCOC2C)cs1. The van der Waals surface area contributed by atoms with E-state index in [9.17, 15) is 4.21 Å². The van der Waals surface area contributed by atoms with Crippen molar-refractivity contribution in [2.75, 3.05) is 6.61 Å². The molecule has 1 aliphatic rings. The summed E-state index contributed by atoms with van der Waals surface area (Å²) in [4.78, 5) is 4.52. The smallest absolute Gasteiger partial charge is 0.0928 e. The lowest BCUT2D eigenvalue weighted by Gasteiger charge is -2.12. The van der Waals surface area contributed by atoms with Gasteiger partial charge in [0, 0.05) is 22.8 Å². The molecule has 1 aromatic rings. The maximum Gasteiger partial charge on any atom is 0.0928 e. The minimum Gasteiger partial charge on any atom is -0.377 e. The van der Waals surface area contributed by atoms with Crippen LogP contribution in [0.2, 0.25) is 0 Å². The normalized spacial score (nSPS) is 26.2. The number of hydrogen-bond acceptors (Lipinski definition) is 4. The van der Waals surface area contributed by atoms with Gasteiger partial charge in [-0.15, -0.1) is 11.3 Å².